The summed E-state index contributed by atoms with van der Waals surface area (Å²) in [4.78, 5) is 20.9. The summed E-state index contributed by atoms with van der Waals surface area (Å²) < 4.78 is 0. The minimum atomic E-state index is -0.196. The van der Waals surface area contributed by atoms with Gasteiger partial charge in [-0.1, -0.05) is 36.4 Å². The molecule has 2 N–H and O–H groups in total. The number of rotatable bonds is 6. The second kappa shape index (κ2) is 8.06. The first-order valence-electron chi connectivity index (χ1n) is 8.18. The lowest BCUT2D eigenvalue weighted by Gasteiger charge is -2.14. The van der Waals surface area contributed by atoms with Crippen LogP contribution in [0.1, 0.15) is 34.7 Å². The molecule has 0 bridgehead atoms. The Kier molecular flexibility index (Phi) is 5.36. The van der Waals surface area contributed by atoms with E-state index in [0.29, 0.717) is 12.2 Å². The Bertz CT molecular complexity index is 821. The first-order valence-corrected chi connectivity index (χ1v) is 8.18. The van der Waals surface area contributed by atoms with Gasteiger partial charge >= 0.3 is 0 Å². The number of pyridine rings is 2. The molecule has 0 spiro atoms. The predicted molar refractivity (Wildman–Crippen MR) is 98.1 cm³/mol. The van der Waals surface area contributed by atoms with Crippen molar-refractivity contribution in [2.75, 3.05) is 5.32 Å². The van der Waals surface area contributed by atoms with E-state index in [-0.39, 0.29) is 11.9 Å². The molecule has 1 unspecified atom stereocenters. The quantitative estimate of drug-likeness (QED) is 0.724. The van der Waals surface area contributed by atoms with Crippen molar-refractivity contribution in [2.24, 2.45) is 0 Å². The van der Waals surface area contributed by atoms with E-state index in [1.54, 1.807) is 18.5 Å². The summed E-state index contributed by atoms with van der Waals surface area (Å²) in [6.45, 7) is 2.54. The maximum atomic E-state index is 12.4. The van der Waals surface area contributed by atoms with Crippen molar-refractivity contribution in [2.45, 2.75) is 19.5 Å². The molecule has 0 aliphatic rings. The van der Waals surface area contributed by atoms with Gasteiger partial charge in [0, 0.05) is 18.1 Å². The number of carbonyl (C=O) groups excluding carboxylic acids is 1. The zero-order valence-electron chi connectivity index (χ0n) is 14.0. The minimum absolute atomic E-state index is 0.0827. The molecule has 0 saturated carbocycles. The van der Waals surface area contributed by atoms with Gasteiger partial charge in [0.1, 0.15) is 5.69 Å². The molecule has 3 aromatic rings. The molecule has 1 atom stereocenters. The average Bonchev–Trinajstić information content (AvgIpc) is 2.68. The molecule has 25 heavy (non-hydrogen) atoms. The highest BCUT2D eigenvalue weighted by atomic mass is 16.1. The minimum Gasteiger partial charge on any atom is -0.379 e. The molecule has 5 heteroatoms. The lowest BCUT2D eigenvalue weighted by molar-refractivity contribution is 0.0935. The van der Waals surface area contributed by atoms with Gasteiger partial charge in [-0.15, -0.1) is 0 Å². The first-order chi connectivity index (χ1) is 12.2. The van der Waals surface area contributed by atoms with Crippen LogP contribution in [0.2, 0.25) is 0 Å². The largest absolute Gasteiger partial charge is 0.379 e. The number of carbonyl (C=O) groups is 1. The molecule has 0 aliphatic carbocycles. The lowest BCUT2D eigenvalue weighted by atomic mass is 10.1. The standard InChI is InChI=1S/C20H20N4O/c1-15(16-7-3-2-4-8-16)24-20(25)19-13-17(10-12-22-19)23-14-18-9-5-6-11-21-18/h2-13,15H,14H2,1H3,(H,22,23)(H,24,25). The van der Waals surface area contributed by atoms with Crippen LogP contribution in [0.4, 0.5) is 5.69 Å². The van der Waals surface area contributed by atoms with Crippen LogP contribution in [-0.4, -0.2) is 15.9 Å². The number of nitrogens with zero attached hydrogens (tertiary/aromatic N) is 2. The van der Waals surface area contributed by atoms with Crippen molar-refractivity contribution in [3.63, 3.8) is 0 Å². The Hall–Kier alpha value is -3.21. The molecular formula is C20H20N4O. The van der Waals surface area contributed by atoms with Crippen LogP contribution in [0.25, 0.3) is 0 Å². The predicted octanol–water partition coefficient (Wildman–Crippen LogP) is 3.58. The molecule has 0 fully saturated rings. The Balaban J connectivity index is 1.63. The fraction of sp³-hybridized carbons (Fsp3) is 0.150. The van der Waals surface area contributed by atoms with Crippen LogP contribution in [0.3, 0.4) is 0 Å². The van der Waals surface area contributed by atoms with Crippen LogP contribution >= 0.6 is 0 Å². The molecule has 1 amide bonds. The van der Waals surface area contributed by atoms with E-state index in [2.05, 4.69) is 20.6 Å². The van der Waals surface area contributed by atoms with Crippen LogP contribution in [0.5, 0.6) is 0 Å². The summed E-state index contributed by atoms with van der Waals surface area (Å²) >= 11 is 0. The number of amides is 1. The molecule has 0 radical (unpaired) electrons. The summed E-state index contributed by atoms with van der Waals surface area (Å²) in [5, 5.41) is 6.23. The topological polar surface area (TPSA) is 66.9 Å². The summed E-state index contributed by atoms with van der Waals surface area (Å²) in [6, 6.07) is 19.1. The Morgan fingerprint density at radius 3 is 2.56 bits per heavy atom. The maximum Gasteiger partial charge on any atom is 0.270 e. The summed E-state index contributed by atoms with van der Waals surface area (Å²) in [5.41, 5.74) is 3.20. The van der Waals surface area contributed by atoms with Crippen LogP contribution < -0.4 is 10.6 Å². The Morgan fingerprint density at radius 1 is 1.00 bits per heavy atom. The van der Waals surface area contributed by atoms with Gasteiger partial charge in [0.2, 0.25) is 0 Å². The van der Waals surface area contributed by atoms with Crippen molar-refractivity contribution in [1.29, 1.82) is 0 Å². The maximum absolute atomic E-state index is 12.4. The van der Waals surface area contributed by atoms with Crippen LogP contribution in [0.15, 0.2) is 73.1 Å². The zero-order chi connectivity index (χ0) is 17.5. The van der Waals surface area contributed by atoms with Crippen molar-refractivity contribution < 1.29 is 4.79 Å². The third-order valence-electron chi connectivity index (χ3n) is 3.84. The average molecular weight is 332 g/mol. The molecule has 2 aromatic heterocycles. The third kappa shape index (κ3) is 4.64. The van der Waals surface area contributed by atoms with Gasteiger partial charge in [0.25, 0.3) is 5.91 Å². The molecule has 1 aromatic carbocycles. The number of benzene rings is 1. The van der Waals surface area contributed by atoms with E-state index in [4.69, 9.17) is 0 Å². The molecule has 2 heterocycles. The van der Waals surface area contributed by atoms with Gasteiger partial charge in [-0.3, -0.25) is 14.8 Å². The Morgan fingerprint density at radius 2 is 1.80 bits per heavy atom. The second-order valence-electron chi connectivity index (χ2n) is 5.71. The van der Waals surface area contributed by atoms with Crippen molar-refractivity contribution in [3.8, 4) is 0 Å². The molecule has 3 rings (SSSR count). The fourth-order valence-corrected chi connectivity index (χ4v) is 2.46. The van der Waals surface area contributed by atoms with Gasteiger partial charge < -0.3 is 10.6 Å². The number of nitrogens with one attached hydrogen (secondary N) is 2. The number of hydrogen-bond donors (Lipinski definition) is 2. The van der Waals surface area contributed by atoms with Crippen molar-refractivity contribution in [3.05, 3.63) is 90.0 Å². The second-order valence-corrected chi connectivity index (χ2v) is 5.71. The molecular weight excluding hydrogens is 312 g/mol. The lowest BCUT2D eigenvalue weighted by Crippen LogP contribution is -2.27. The molecule has 5 nitrogen and oxygen atoms in total. The number of hydrogen-bond acceptors (Lipinski definition) is 4. The highest BCUT2D eigenvalue weighted by molar-refractivity contribution is 5.93. The molecule has 126 valence electrons. The smallest absolute Gasteiger partial charge is 0.270 e. The van der Waals surface area contributed by atoms with E-state index in [0.717, 1.165) is 16.9 Å². The van der Waals surface area contributed by atoms with Gasteiger partial charge in [-0.05, 0) is 36.8 Å². The van der Waals surface area contributed by atoms with Gasteiger partial charge in [-0.2, -0.15) is 0 Å². The monoisotopic (exact) mass is 332 g/mol. The molecule has 0 aliphatic heterocycles. The number of aromatic nitrogens is 2. The van der Waals surface area contributed by atoms with Crippen LogP contribution in [0, 0.1) is 0 Å². The highest BCUT2D eigenvalue weighted by Gasteiger charge is 2.12. The fourth-order valence-electron chi connectivity index (χ4n) is 2.46. The Labute approximate surface area is 147 Å². The van der Waals surface area contributed by atoms with Crippen LogP contribution in [-0.2, 0) is 6.54 Å². The summed E-state index contributed by atoms with van der Waals surface area (Å²) in [5.74, 6) is -0.196. The van der Waals surface area contributed by atoms with Gasteiger partial charge in [0.05, 0.1) is 18.3 Å². The van der Waals surface area contributed by atoms with Crippen molar-refractivity contribution in [1.82, 2.24) is 15.3 Å². The van der Waals surface area contributed by atoms with E-state index in [9.17, 15) is 4.79 Å². The summed E-state index contributed by atoms with van der Waals surface area (Å²) in [6.07, 6.45) is 3.39. The molecule has 0 saturated heterocycles. The van der Waals surface area contributed by atoms with E-state index in [1.165, 1.54) is 0 Å². The summed E-state index contributed by atoms with van der Waals surface area (Å²) in [7, 11) is 0. The van der Waals surface area contributed by atoms with E-state index in [1.807, 2.05) is 61.5 Å². The van der Waals surface area contributed by atoms with E-state index < -0.39 is 0 Å². The highest BCUT2D eigenvalue weighted by Crippen LogP contribution is 2.14. The number of anilines is 1. The van der Waals surface area contributed by atoms with E-state index >= 15 is 0 Å². The van der Waals surface area contributed by atoms with Gasteiger partial charge in [-0.25, -0.2) is 0 Å². The van der Waals surface area contributed by atoms with Crippen molar-refractivity contribution >= 4 is 11.6 Å². The third-order valence-corrected chi connectivity index (χ3v) is 3.84. The normalized spacial score (nSPS) is 11.6. The SMILES string of the molecule is CC(NC(=O)c1cc(NCc2ccccn2)ccn1)c1ccccc1. The first kappa shape index (κ1) is 16.6. The zero-order valence-corrected chi connectivity index (χ0v) is 14.0. The van der Waals surface area contributed by atoms with Gasteiger partial charge in [0.15, 0.2) is 0 Å².